The molecular formula is C14H18N2O. The molecule has 1 aromatic rings. The van der Waals surface area contributed by atoms with E-state index in [-0.39, 0.29) is 18.5 Å². The zero-order valence-electron chi connectivity index (χ0n) is 10.3. The van der Waals surface area contributed by atoms with Crippen LogP contribution in [0.25, 0.3) is 0 Å². The minimum Gasteiger partial charge on any atom is -0.374 e. The van der Waals surface area contributed by atoms with Crippen LogP contribution < -0.4 is 10.6 Å². The fourth-order valence-electron chi connectivity index (χ4n) is 1.44. The Bertz CT molecular complexity index is 403. The van der Waals surface area contributed by atoms with Gasteiger partial charge in [0, 0.05) is 5.69 Å². The van der Waals surface area contributed by atoms with Crippen LogP contribution in [0.3, 0.4) is 0 Å². The topological polar surface area (TPSA) is 41.1 Å². The maximum absolute atomic E-state index is 11.6. The largest absolute Gasteiger partial charge is 0.374 e. The summed E-state index contributed by atoms with van der Waals surface area (Å²) < 4.78 is 0. The van der Waals surface area contributed by atoms with Gasteiger partial charge in [-0.15, -0.1) is 6.42 Å². The fourth-order valence-corrected chi connectivity index (χ4v) is 1.44. The molecule has 1 amide bonds. The lowest BCUT2D eigenvalue weighted by atomic mass is 10.1. The molecule has 0 heterocycles. The first-order valence-corrected chi connectivity index (χ1v) is 5.74. The molecule has 0 saturated carbocycles. The van der Waals surface area contributed by atoms with E-state index in [4.69, 9.17) is 6.42 Å². The summed E-state index contributed by atoms with van der Waals surface area (Å²) in [5.74, 6) is 2.28. The van der Waals surface area contributed by atoms with E-state index in [2.05, 4.69) is 23.5 Å². The van der Waals surface area contributed by atoms with Crippen LogP contribution in [-0.2, 0) is 11.2 Å². The monoisotopic (exact) mass is 230 g/mol. The highest BCUT2D eigenvalue weighted by molar-refractivity contribution is 5.84. The van der Waals surface area contributed by atoms with Crippen molar-refractivity contribution >= 4 is 11.6 Å². The zero-order valence-corrected chi connectivity index (χ0v) is 10.3. The lowest BCUT2D eigenvalue weighted by Crippen LogP contribution is -2.37. The third-order valence-corrected chi connectivity index (χ3v) is 2.50. The molecule has 0 aliphatic heterocycles. The highest BCUT2D eigenvalue weighted by atomic mass is 16.2. The Morgan fingerprint density at radius 3 is 2.59 bits per heavy atom. The van der Waals surface area contributed by atoms with Crippen LogP contribution in [0.5, 0.6) is 0 Å². The normalized spacial score (nSPS) is 11.4. The Morgan fingerprint density at radius 1 is 1.41 bits per heavy atom. The van der Waals surface area contributed by atoms with Crippen molar-refractivity contribution in [1.29, 1.82) is 0 Å². The molecule has 17 heavy (non-hydrogen) atoms. The van der Waals surface area contributed by atoms with Crippen molar-refractivity contribution in [2.75, 3.05) is 11.9 Å². The van der Waals surface area contributed by atoms with Gasteiger partial charge < -0.3 is 10.6 Å². The van der Waals surface area contributed by atoms with Crippen molar-refractivity contribution < 1.29 is 4.79 Å². The van der Waals surface area contributed by atoms with Crippen LogP contribution in [0.1, 0.15) is 19.4 Å². The molecule has 0 bridgehead atoms. The molecule has 3 heteroatoms. The van der Waals surface area contributed by atoms with Crippen LogP contribution >= 0.6 is 0 Å². The van der Waals surface area contributed by atoms with E-state index in [0.717, 1.165) is 12.1 Å². The summed E-state index contributed by atoms with van der Waals surface area (Å²) >= 11 is 0. The van der Waals surface area contributed by atoms with Gasteiger partial charge in [-0.25, -0.2) is 0 Å². The summed E-state index contributed by atoms with van der Waals surface area (Å²) in [4.78, 5) is 11.6. The van der Waals surface area contributed by atoms with Gasteiger partial charge in [-0.2, -0.15) is 0 Å². The number of rotatable bonds is 5. The van der Waals surface area contributed by atoms with Crippen molar-refractivity contribution in [3.05, 3.63) is 29.8 Å². The van der Waals surface area contributed by atoms with Gasteiger partial charge in [0.25, 0.3) is 0 Å². The van der Waals surface area contributed by atoms with Crippen LogP contribution in [0, 0.1) is 12.3 Å². The number of nitrogens with one attached hydrogen (secondary N) is 2. The van der Waals surface area contributed by atoms with E-state index in [1.807, 2.05) is 24.3 Å². The van der Waals surface area contributed by atoms with E-state index in [0.29, 0.717) is 0 Å². The summed E-state index contributed by atoms with van der Waals surface area (Å²) in [5.41, 5.74) is 2.21. The molecule has 1 atom stereocenters. The lowest BCUT2D eigenvalue weighted by molar-refractivity contribution is -0.121. The fraction of sp³-hybridized carbons (Fsp3) is 0.357. The average Bonchev–Trinajstić information content (AvgIpc) is 2.36. The van der Waals surface area contributed by atoms with E-state index in [9.17, 15) is 4.79 Å². The van der Waals surface area contributed by atoms with Crippen LogP contribution in [0.15, 0.2) is 24.3 Å². The van der Waals surface area contributed by atoms with E-state index in [1.54, 1.807) is 6.92 Å². The predicted octanol–water partition coefficient (Wildman–Crippen LogP) is 1.80. The minimum absolute atomic E-state index is 0.0949. The van der Waals surface area contributed by atoms with Gasteiger partial charge in [0.05, 0.1) is 6.54 Å². The van der Waals surface area contributed by atoms with Crippen LogP contribution in [-0.4, -0.2) is 18.5 Å². The van der Waals surface area contributed by atoms with Gasteiger partial charge in [0.15, 0.2) is 0 Å². The first-order chi connectivity index (χ1) is 8.17. The van der Waals surface area contributed by atoms with E-state index >= 15 is 0 Å². The van der Waals surface area contributed by atoms with Crippen LogP contribution in [0.4, 0.5) is 5.69 Å². The molecule has 0 fully saturated rings. The maximum Gasteiger partial charge on any atom is 0.242 e. The van der Waals surface area contributed by atoms with Crippen LogP contribution in [0.2, 0.25) is 0 Å². The standard InChI is InChI=1S/C14H18N2O/c1-4-10-15-14(17)11(3)16-13-8-6-12(5-2)7-9-13/h1,6-9,11,16H,5,10H2,2-3H3,(H,15,17)/t11-/m1/s1. The zero-order chi connectivity index (χ0) is 12.7. The second-order valence-corrected chi connectivity index (χ2v) is 3.84. The Morgan fingerprint density at radius 2 is 2.06 bits per heavy atom. The summed E-state index contributed by atoms with van der Waals surface area (Å²) in [6, 6.07) is 7.76. The second kappa shape index (κ2) is 6.59. The third kappa shape index (κ3) is 4.20. The molecule has 90 valence electrons. The number of hydrogen-bond acceptors (Lipinski definition) is 2. The van der Waals surface area contributed by atoms with Gasteiger partial charge in [-0.3, -0.25) is 4.79 Å². The number of anilines is 1. The second-order valence-electron chi connectivity index (χ2n) is 3.84. The van der Waals surface area contributed by atoms with E-state index < -0.39 is 0 Å². The van der Waals surface area contributed by atoms with Gasteiger partial charge in [-0.1, -0.05) is 25.0 Å². The SMILES string of the molecule is C#CCNC(=O)[C@@H](C)Nc1ccc(CC)cc1. The van der Waals surface area contributed by atoms with Crippen molar-refractivity contribution in [1.82, 2.24) is 5.32 Å². The van der Waals surface area contributed by atoms with Gasteiger partial charge in [0.2, 0.25) is 5.91 Å². The summed E-state index contributed by atoms with van der Waals surface area (Å²) in [5, 5.41) is 5.76. The first kappa shape index (κ1) is 13.1. The average molecular weight is 230 g/mol. The molecule has 3 nitrogen and oxygen atoms in total. The minimum atomic E-state index is -0.296. The smallest absolute Gasteiger partial charge is 0.242 e. The third-order valence-electron chi connectivity index (χ3n) is 2.50. The lowest BCUT2D eigenvalue weighted by Gasteiger charge is -2.14. The summed E-state index contributed by atoms with van der Waals surface area (Å²) in [7, 11) is 0. The number of amides is 1. The summed E-state index contributed by atoms with van der Waals surface area (Å²) in [6.07, 6.45) is 6.09. The van der Waals surface area contributed by atoms with Gasteiger partial charge in [-0.05, 0) is 31.0 Å². The molecule has 0 radical (unpaired) electrons. The molecule has 0 spiro atoms. The highest BCUT2D eigenvalue weighted by Gasteiger charge is 2.10. The van der Waals surface area contributed by atoms with Gasteiger partial charge in [0.1, 0.15) is 6.04 Å². The number of carbonyl (C=O) groups is 1. The Kier molecular flexibility index (Phi) is 5.09. The molecule has 1 aromatic carbocycles. The predicted molar refractivity (Wildman–Crippen MR) is 70.7 cm³/mol. The highest BCUT2D eigenvalue weighted by Crippen LogP contribution is 2.11. The molecule has 2 N–H and O–H groups in total. The number of hydrogen-bond donors (Lipinski definition) is 2. The van der Waals surface area contributed by atoms with Gasteiger partial charge >= 0.3 is 0 Å². The maximum atomic E-state index is 11.6. The molecule has 0 saturated heterocycles. The quantitative estimate of drug-likeness (QED) is 0.757. The van der Waals surface area contributed by atoms with Crippen molar-refractivity contribution in [2.45, 2.75) is 26.3 Å². The molecule has 0 aromatic heterocycles. The Labute approximate surface area is 103 Å². The molecular weight excluding hydrogens is 212 g/mol. The first-order valence-electron chi connectivity index (χ1n) is 5.74. The number of carbonyl (C=O) groups excluding carboxylic acids is 1. The number of terminal acetylenes is 1. The van der Waals surface area contributed by atoms with Crippen molar-refractivity contribution in [3.63, 3.8) is 0 Å². The van der Waals surface area contributed by atoms with Crippen molar-refractivity contribution in [3.8, 4) is 12.3 Å². The number of benzene rings is 1. The Hall–Kier alpha value is -1.95. The summed E-state index contributed by atoms with van der Waals surface area (Å²) in [6.45, 7) is 4.18. The Balaban J connectivity index is 2.52. The van der Waals surface area contributed by atoms with Crippen molar-refractivity contribution in [2.24, 2.45) is 0 Å². The number of aryl methyl sites for hydroxylation is 1. The molecule has 0 aliphatic rings. The molecule has 1 rings (SSSR count). The molecule has 0 unspecified atom stereocenters. The van der Waals surface area contributed by atoms with E-state index in [1.165, 1.54) is 5.56 Å². The molecule has 0 aliphatic carbocycles.